The summed E-state index contributed by atoms with van der Waals surface area (Å²) in [4.78, 5) is 17.7. The summed E-state index contributed by atoms with van der Waals surface area (Å²) >= 11 is 0. The maximum Gasteiger partial charge on any atom is 0.287 e. The molecule has 3 aromatic heterocycles. The number of halogens is 2. The van der Waals surface area contributed by atoms with Crippen LogP contribution in [0, 0.1) is 11.6 Å². The number of benzene rings is 1. The summed E-state index contributed by atoms with van der Waals surface area (Å²) in [5.74, 6) is -1.21. The quantitative estimate of drug-likeness (QED) is 0.610. The zero-order chi connectivity index (χ0) is 18.1. The fraction of sp³-hybridized carbons (Fsp3) is 0.0556. The first-order valence-corrected chi connectivity index (χ1v) is 7.71. The Kier molecular flexibility index (Phi) is 3.92. The van der Waals surface area contributed by atoms with Crippen LogP contribution in [0.3, 0.4) is 0 Å². The number of nitrogens with one attached hydrogen (secondary N) is 1. The lowest BCUT2D eigenvalue weighted by Gasteiger charge is -2.07. The average molecular weight is 354 g/mol. The smallest absolute Gasteiger partial charge is 0.287 e. The zero-order valence-electron chi connectivity index (χ0n) is 13.3. The molecule has 0 aliphatic rings. The van der Waals surface area contributed by atoms with Crippen molar-refractivity contribution in [3.05, 3.63) is 82.7 Å². The second kappa shape index (κ2) is 6.40. The molecule has 8 heteroatoms. The van der Waals surface area contributed by atoms with Gasteiger partial charge in [-0.25, -0.2) is 9.37 Å². The van der Waals surface area contributed by atoms with Crippen LogP contribution < -0.4 is 5.56 Å². The van der Waals surface area contributed by atoms with Gasteiger partial charge in [0.05, 0.1) is 31.0 Å². The van der Waals surface area contributed by atoms with Crippen LogP contribution in [0.15, 0.2) is 64.3 Å². The van der Waals surface area contributed by atoms with Gasteiger partial charge in [0.15, 0.2) is 5.82 Å². The molecule has 130 valence electrons. The molecule has 0 aliphatic carbocycles. The van der Waals surface area contributed by atoms with Crippen LogP contribution in [0.5, 0.6) is 0 Å². The molecule has 4 aromatic rings. The Bertz CT molecular complexity index is 1120. The van der Waals surface area contributed by atoms with Crippen LogP contribution in [-0.2, 0) is 6.54 Å². The van der Waals surface area contributed by atoms with Gasteiger partial charge in [-0.1, -0.05) is 18.2 Å². The number of hydrogen-bond acceptors (Lipinski definition) is 4. The van der Waals surface area contributed by atoms with E-state index in [0.29, 0.717) is 17.0 Å². The number of H-pyrrole nitrogens is 1. The second-order valence-electron chi connectivity index (χ2n) is 5.58. The predicted molar refractivity (Wildman–Crippen MR) is 89.2 cm³/mol. The number of furan rings is 1. The molecule has 0 saturated heterocycles. The Labute approximate surface area is 145 Å². The summed E-state index contributed by atoms with van der Waals surface area (Å²) in [6.45, 7) is 0.165. The first-order valence-electron chi connectivity index (χ1n) is 7.71. The van der Waals surface area contributed by atoms with Crippen molar-refractivity contribution in [2.75, 3.05) is 0 Å². The van der Waals surface area contributed by atoms with E-state index in [9.17, 15) is 13.6 Å². The third-order valence-corrected chi connectivity index (χ3v) is 3.87. The van der Waals surface area contributed by atoms with Crippen molar-refractivity contribution in [2.24, 2.45) is 0 Å². The van der Waals surface area contributed by atoms with E-state index in [1.54, 1.807) is 35.0 Å². The molecule has 3 heterocycles. The van der Waals surface area contributed by atoms with Gasteiger partial charge in [-0.05, 0) is 18.2 Å². The Morgan fingerprint density at radius 2 is 2.00 bits per heavy atom. The summed E-state index contributed by atoms with van der Waals surface area (Å²) in [6.07, 6.45) is 3.87. The van der Waals surface area contributed by atoms with Gasteiger partial charge in [-0.3, -0.25) is 9.48 Å². The average Bonchev–Trinajstić information content (AvgIpc) is 3.29. The van der Waals surface area contributed by atoms with Gasteiger partial charge in [0.1, 0.15) is 11.5 Å². The summed E-state index contributed by atoms with van der Waals surface area (Å²) in [5.41, 5.74) is 1.26. The van der Waals surface area contributed by atoms with Gasteiger partial charge in [-0.15, -0.1) is 0 Å². The summed E-state index contributed by atoms with van der Waals surface area (Å²) in [5, 5.41) is 4.40. The minimum Gasteiger partial charge on any atom is -0.472 e. The van der Waals surface area contributed by atoms with Gasteiger partial charge in [0, 0.05) is 11.1 Å². The minimum atomic E-state index is -0.977. The van der Waals surface area contributed by atoms with Gasteiger partial charge >= 0.3 is 0 Å². The third-order valence-electron chi connectivity index (χ3n) is 3.87. The van der Waals surface area contributed by atoms with Crippen molar-refractivity contribution in [3.8, 4) is 22.8 Å². The molecule has 1 aromatic carbocycles. The van der Waals surface area contributed by atoms with Crippen LogP contribution in [0.4, 0.5) is 8.78 Å². The van der Waals surface area contributed by atoms with E-state index in [4.69, 9.17) is 4.42 Å². The summed E-state index contributed by atoms with van der Waals surface area (Å²) < 4.78 is 33.9. The normalized spacial score (nSPS) is 11.0. The molecule has 0 aliphatic heterocycles. The van der Waals surface area contributed by atoms with Crippen molar-refractivity contribution in [3.63, 3.8) is 0 Å². The lowest BCUT2D eigenvalue weighted by atomic mass is 10.2. The number of aromatic nitrogens is 4. The Morgan fingerprint density at radius 1 is 1.15 bits per heavy atom. The molecule has 6 nitrogen and oxygen atoms in total. The predicted octanol–water partition coefficient (Wildman–Crippen LogP) is 3.22. The Balaban J connectivity index is 1.82. The highest BCUT2D eigenvalue weighted by atomic mass is 19.1. The number of rotatable bonds is 4. The topological polar surface area (TPSA) is 76.7 Å². The standard InChI is InChI=1S/C18H12F2N4O2/c19-13-4-2-1-3-11(13)9-24-16(12-5-6-26-10-12)7-15(23-24)17-21-8-14(20)18(25)22-17/h1-8,10H,9H2,(H,21,22,25). The lowest BCUT2D eigenvalue weighted by molar-refractivity contribution is 0.566. The van der Waals surface area contributed by atoms with Crippen LogP contribution in [0.1, 0.15) is 5.56 Å². The largest absolute Gasteiger partial charge is 0.472 e. The molecule has 0 unspecified atom stereocenters. The maximum absolute atomic E-state index is 14.0. The minimum absolute atomic E-state index is 0.119. The van der Waals surface area contributed by atoms with Gasteiger partial charge in [-0.2, -0.15) is 9.49 Å². The van der Waals surface area contributed by atoms with E-state index < -0.39 is 11.4 Å². The summed E-state index contributed by atoms with van der Waals surface area (Å²) in [7, 11) is 0. The molecule has 0 atom stereocenters. The van der Waals surface area contributed by atoms with Crippen molar-refractivity contribution in [1.82, 2.24) is 19.7 Å². The fourth-order valence-corrected chi connectivity index (χ4v) is 2.59. The highest BCUT2D eigenvalue weighted by molar-refractivity contribution is 5.64. The van der Waals surface area contributed by atoms with E-state index in [0.717, 1.165) is 11.8 Å². The van der Waals surface area contributed by atoms with Crippen molar-refractivity contribution >= 4 is 0 Å². The van der Waals surface area contributed by atoms with Gasteiger partial charge in [0.2, 0.25) is 5.82 Å². The van der Waals surface area contributed by atoms with E-state index in [1.807, 2.05) is 0 Å². The number of nitrogens with zero attached hydrogens (tertiary/aromatic N) is 3. The number of hydrogen-bond donors (Lipinski definition) is 1. The molecule has 0 bridgehead atoms. The van der Waals surface area contributed by atoms with Gasteiger partial charge in [0.25, 0.3) is 5.56 Å². The van der Waals surface area contributed by atoms with Gasteiger partial charge < -0.3 is 9.40 Å². The number of aromatic amines is 1. The van der Waals surface area contributed by atoms with E-state index in [2.05, 4.69) is 15.1 Å². The van der Waals surface area contributed by atoms with Crippen molar-refractivity contribution < 1.29 is 13.2 Å². The monoisotopic (exact) mass is 354 g/mol. The van der Waals surface area contributed by atoms with E-state index in [1.165, 1.54) is 18.6 Å². The molecular weight excluding hydrogens is 342 g/mol. The third kappa shape index (κ3) is 2.92. The van der Waals surface area contributed by atoms with Crippen LogP contribution in [0.25, 0.3) is 22.8 Å². The molecule has 4 rings (SSSR count). The first kappa shape index (κ1) is 15.9. The molecule has 26 heavy (non-hydrogen) atoms. The molecule has 1 N–H and O–H groups in total. The van der Waals surface area contributed by atoms with Crippen LogP contribution >= 0.6 is 0 Å². The van der Waals surface area contributed by atoms with E-state index >= 15 is 0 Å². The first-order chi connectivity index (χ1) is 12.6. The molecule has 0 amide bonds. The highest BCUT2D eigenvalue weighted by Crippen LogP contribution is 2.25. The molecule has 0 fully saturated rings. The Morgan fingerprint density at radius 3 is 2.73 bits per heavy atom. The molecular formula is C18H12F2N4O2. The summed E-state index contributed by atoms with van der Waals surface area (Å²) in [6, 6.07) is 9.78. The zero-order valence-corrected chi connectivity index (χ0v) is 13.3. The van der Waals surface area contributed by atoms with Crippen LogP contribution in [-0.4, -0.2) is 19.7 Å². The maximum atomic E-state index is 14.0. The molecule has 0 radical (unpaired) electrons. The SMILES string of the molecule is O=c1[nH]c(-c2cc(-c3ccoc3)n(Cc3ccccc3F)n2)ncc1F. The van der Waals surface area contributed by atoms with E-state index in [-0.39, 0.29) is 18.2 Å². The fourth-order valence-electron chi connectivity index (χ4n) is 2.59. The second-order valence-corrected chi connectivity index (χ2v) is 5.58. The lowest BCUT2D eigenvalue weighted by Crippen LogP contribution is -2.12. The van der Waals surface area contributed by atoms with Crippen LogP contribution in [0.2, 0.25) is 0 Å². The molecule has 0 saturated carbocycles. The van der Waals surface area contributed by atoms with Crippen molar-refractivity contribution in [2.45, 2.75) is 6.54 Å². The molecule has 0 spiro atoms. The Hall–Kier alpha value is -3.55. The highest BCUT2D eigenvalue weighted by Gasteiger charge is 2.16. The van der Waals surface area contributed by atoms with Crippen molar-refractivity contribution in [1.29, 1.82) is 0 Å².